The monoisotopic (exact) mass is 383 g/mol. The molecule has 6 heteroatoms. The number of nitrogens with one attached hydrogen (secondary N) is 1. The lowest BCUT2D eigenvalue weighted by molar-refractivity contribution is 0.578. The Morgan fingerprint density at radius 1 is 1.41 bits per heavy atom. The quantitative estimate of drug-likeness (QED) is 0.765. The molecule has 0 saturated carbocycles. The van der Waals surface area contributed by atoms with Crippen molar-refractivity contribution < 1.29 is 8.42 Å². The summed E-state index contributed by atoms with van der Waals surface area (Å²) in [5.41, 5.74) is 0. The molecule has 17 heavy (non-hydrogen) atoms. The zero-order valence-electron chi connectivity index (χ0n) is 9.49. The third kappa shape index (κ3) is 5.07. The van der Waals surface area contributed by atoms with Gasteiger partial charge in [-0.15, -0.1) is 0 Å². The van der Waals surface area contributed by atoms with Crippen molar-refractivity contribution in [3.8, 4) is 0 Å². The molecule has 0 spiro atoms. The lowest BCUT2D eigenvalue weighted by Crippen LogP contribution is -2.29. The first-order chi connectivity index (χ1) is 7.95. The summed E-state index contributed by atoms with van der Waals surface area (Å²) in [5.74, 6) is 0. The van der Waals surface area contributed by atoms with Crippen LogP contribution in [0.25, 0.3) is 0 Å². The van der Waals surface area contributed by atoms with E-state index in [0.717, 1.165) is 17.3 Å². The van der Waals surface area contributed by atoms with E-state index in [9.17, 15) is 8.42 Å². The lowest BCUT2D eigenvalue weighted by atomic mass is 10.2. The maximum Gasteiger partial charge on any atom is 0.240 e. The molecule has 1 unspecified atom stereocenters. The molecule has 0 heterocycles. The summed E-state index contributed by atoms with van der Waals surface area (Å²) in [6.45, 7) is 2.47. The number of hydrogen-bond donors (Lipinski definition) is 1. The van der Waals surface area contributed by atoms with Gasteiger partial charge < -0.3 is 0 Å². The Balaban J connectivity index is 2.69. The average molecular weight is 385 g/mol. The van der Waals surface area contributed by atoms with Gasteiger partial charge in [-0.3, -0.25) is 0 Å². The summed E-state index contributed by atoms with van der Waals surface area (Å²) < 4.78 is 27.2. The summed E-state index contributed by atoms with van der Waals surface area (Å²) in [7, 11) is -3.41. The molecule has 0 aliphatic rings. The van der Waals surface area contributed by atoms with Gasteiger partial charge in [0.15, 0.2) is 0 Å². The van der Waals surface area contributed by atoms with E-state index in [4.69, 9.17) is 0 Å². The maximum atomic E-state index is 11.9. The Hall–Kier alpha value is 0.0900. The molecule has 1 aromatic carbocycles. The number of hydrogen-bond acceptors (Lipinski definition) is 2. The van der Waals surface area contributed by atoms with E-state index >= 15 is 0 Å². The summed E-state index contributed by atoms with van der Waals surface area (Å²) in [6, 6.07) is 6.67. The van der Waals surface area contributed by atoms with Crippen LogP contribution in [0.15, 0.2) is 33.6 Å². The molecule has 0 aliphatic heterocycles. The van der Waals surface area contributed by atoms with Crippen LogP contribution in [0.3, 0.4) is 0 Å². The van der Waals surface area contributed by atoms with Crippen LogP contribution in [0.5, 0.6) is 0 Å². The molecule has 0 fully saturated rings. The predicted octanol–water partition coefficient (Wildman–Crippen LogP) is 3.29. The van der Waals surface area contributed by atoms with Gasteiger partial charge in [0.05, 0.1) is 4.90 Å². The number of benzene rings is 1. The number of halogens is 2. The highest BCUT2D eigenvalue weighted by atomic mass is 79.9. The third-order valence-corrected chi connectivity index (χ3v) is 4.90. The van der Waals surface area contributed by atoms with Gasteiger partial charge in [0.25, 0.3) is 0 Å². The fraction of sp³-hybridized carbons (Fsp3) is 0.455. The molecular formula is C11H15Br2NO2S. The second-order valence-electron chi connectivity index (χ2n) is 3.70. The Morgan fingerprint density at radius 2 is 2.12 bits per heavy atom. The van der Waals surface area contributed by atoms with Gasteiger partial charge in [-0.05, 0) is 24.6 Å². The summed E-state index contributed by atoms with van der Waals surface area (Å²) >= 11 is 6.70. The van der Waals surface area contributed by atoms with Gasteiger partial charge in [0, 0.05) is 15.8 Å². The number of alkyl halides is 1. The molecule has 0 saturated heterocycles. The van der Waals surface area contributed by atoms with E-state index in [-0.39, 0.29) is 9.72 Å². The van der Waals surface area contributed by atoms with Crippen molar-refractivity contribution >= 4 is 41.9 Å². The van der Waals surface area contributed by atoms with Gasteiger partial charge in [0.1, 0.15) is 0 Å². The van der Waals surface area contributed by atoms with Gasteiger partial charge >= 0.3 is 0 Å². The van der Waals surface area contributed by atoms with Gasteiger partial charge in [-0.1, -0.05) is 51.3 Å². The smallest absolute Gasteiger partial charge is 0.210 e. The van der Waals surface area contributed by atoms with Gasteiger partial charge in [-0.25, -0.2) is 13.1 Å². The molecule has 0 amide bonds. The van der Waals surface area contributed by atoms with Crippen molar-refractivity contribution in [2.24, 2.45) is 0 Å². The van der Waals surface area contributed by atoms with E-state index in [0.29, 0.717) is 6.54 Å². The van der Waals surface area contributed by atoms with E-state index in [1.165, 1.54) is 0 Å². The SMILES string of the molecule is CCCC(Br)CNS(=O)(=O)c1cccc(Br)c1. The molecule has 0 aliphatic carbocycles. The van der Waals surface area contributed by atoms with Crippen LogP contribution in [-0.2, 0) is 10.0 Å². The largest absolute Gasteiger partial charge is 0.240 e. The van der Waals surface area contributed by atoms with Crippen molar-refractivity contribution in [3.63, 3.8) is 0 Å². The second-order valence-corrected chi connectivity index (χ2v) is 7.67. The Bertz CT molecular complexity index is 462. The topological polar surface area (TPSA) is 46.2 Å². The van der Waals surface area contributed by atoms with Gasteiger partial charge in [-0.2, -0.15) is 0 Å². The highest BCUT2D eigenvalue weighted by Gasteiger charge is 2.15. The fourth-order valence-corrected chi connectivity index (χ4v) is 3.84. The Labute approximate surface area is 119 Å². The Morgan fingerprint density at radius 3 is 2.71 bits per heavy atom. The summed E-state index contributed by atoms with van der Waals surface area (Å²) in [4.78, 5) is 0.456. The van der Waals surface area contributed by atoms with Gasteiger partial charge in [0.2, 0.25) is 10.0 Å². The number of sulfonamides is 1. The molecule has 0 bridgehead atoms. The highest BCUT2D eigenvalue weighted by Crippen LogP contribution is 2.16. The summed E-state index contributed by atoms with van der Waals surface area (Å²) in [5, 5.41) is 0. The first-order valence-electron chi connectivity index (χ1n) is 5.35. The first-order valence-corrected chi connectivity index (χ1v) is 8.54. The van der Waals surface area contributed by atoms with Crippen LogP contribution in [0.1, 0.15) is 19.8 Å². The Kier molecular flexibility index (Phi) is 6.12. The van der Waals surface area contributed by atoms with Crippen LogP contribution >= 0.6 is 31.9 Å². The van der Waals surface area contributed by atoms with Crippen molar-refractivity contribution in [2.75, 3.05) is 6.54 Å². The molecule has 1 N–H and O–H groups in total. The molecule has 3 nitrogen and oxygen atoms in total. The standard InChI is InChI=1S/C11H15Br2NO2S/c1-2-4-10(13)8-14-17(15,16)11-6-3-5-9(12)7-11/h3,5-7,10,14H,2,4,8H2,1H3. The zero-order valence-corrected chi connectivity index (χ0v) is 13.5. The molecule has 96 valence electrons. The highest BCUT2D eigenvalue weighted by molar-refractivity contribution is 9.10. The number of rotatable bonds is 6. The van der Waals surface area contributed by atoms with E-state index in [1.807, 2.05) is 0 Å². The van der Waals surface area contributed by atoms with Crippen molar-refractivity contribution in [1.82, 2.24) is 4.72 Å². The van der Waals surface area contributed by atoms with E-state index < -0.39 is 10.0 Å². The third-order valence-electron chi connectivity index (χ3n) is 2.20. The van der Waals surface area contributed by atoms with E-state index in [2.05, 4.69) is 43.5 Å². The van der Waals surface area contributed by atoms with Crippen LogP contribution in [-0.4, -0.2) is 19.8 Å². The molecule has 0 radical (unpaired) electrons. The molecule has 1 rings (SSSR count). The van der Waals surface area contributed by atoms with Crippen LogP contribution < -0.4 is 4.72 Å². The molecule has 0 aromatic heterocycles. The molecule has 1 aromatic rings. The van der Waals surface area contributed by atoms with Crippen molar-refractivity contribution in [1.29, 1.82) is 0 Å². The average Bonchev–Trinajstić information content (AvgIpc) is 2.27. The zero-order chi connectivity index (χ0) is 12.9. The predicted molar refractivity (Wildman–Crippen MR) is 77.0 cm³/mol. The maximum absolute atomic E-state index is 11.9. The second kappa shape index (κ2) is 6.87. The molecule has 1 atom stereocenters. The van der Waals surface area contributed by atoms with Crippen molar-refractivity contribution in [3.05, 3.63) is 28.7 Å². The fourth-order valence-electron chi connectivity index (χ4n) is 1.33. The molecular weight excluding hydrogens is 370 g/mol. The van der Waals surface area contributed by atoms with Crippen LogP contribution in [0.2, 0.25) is 0 Å². The first kappa shape index (κ1) is 15.1. The van der Waals surface area contributed by atoms with Crippen LogP contribution in [0, 0.1) is 0 Å². The van der Waals surface area contributed by atoms with Crippen molar-refractivity contribution in [2.45, 2.75) is 29.5 Å². The minimum absolute atomic E-state index is 0.175. The summed E-state index contributed by atoms with van der Waals surface area (Å²) in [6.07, 6.45) is 1.97. The lowest BCUT2D eigenvalue weighted by Gasteiger charge is -2.10. The minimum Gasteiger partial charge on any atom is -0.210 e. The van der Waals surface area contributed by atoms with Crippen LogP contribution in [0.4, 0.5) is 0 Å². The normalized spacial score (nSPS) is 13.6. The minimum atomic E-state index is -3.41. The van der Waals surface area contributed by atoms with E-state index in [1.54, 1.807) is 24.3 Å².